The molecule has 0 radical (unpaired) electrons. The molecule has 0 amide bonds. The van der Waals surface area contributed by atoms with Gasteiger partial charge in [0.15, 0.2) is 23.5 Å². The summed E-state index contributed by atoms with van der Waals surface area (Å²) in [6, 6.07) is 6.33. The van der Waals surface area contributed by atoms with E-state index < -0.39 is 0 Å². The average molecular weight is 262 g/mol. The maximum Gasteiger partial charge on any atom is 0.244 e. The third kappa shape index (κ3) is 2.38. The van der Waals surface area contributed by atoms with Crippen molar-refractivity contribution < 1.29 is 9.13 Å². The monoisotopic (exact) mass is 262 g/mol. The van der Waals surface area contributed by atoms with Crippen molar-refractivity contribution in [2.24, 2.45) is 0 Å². The normalized spacial score (nSPS) is 16.0. The van der Waals surface area contributed by atoms with Gasteiger partial charge in [0.1, 0.15) is 0 Å². The van der Waals surface area contributed by atoms with Crippen LogP contribution in [0.5, 0.6) is 5.75 Å². The number of benzene rings is 1. The van der Waals surface area contributed by atoms with E-state index in [1.54, 1.807) is 18.2 Å². The predicted molar refractivity (Wildman–Crippen MR) is 68.7 cm³/mol. The molecule has 1 atom stereocenters. The molecule has 0 bridgehead atoms. The summed E-state index contributed by atoms with van der Waals surface area (Å²) < 4.78 is 19.0. The highest BCUT2D eigenvalue weighted by atomic mass is 19.1. The predicted octanol–water partition coefficient (Wildman–Crippen LogP) is 2.29. The van der Waals surface area contributed by atoms with Gasteiger partial charge in [0.05, 0.1) is 0 Å². The number of ether oxygens (including phenoxy) is 1. The van der Waals surface area contributed by atoms with Gasteiger partial charge < -0.3 is 9.64 Å². The van der Waals surface area contributed by atoms with E-state index in [1.807, 2.05) is 6.92 Å². The first-order chi connectivity index (χ1) is 9.24. The number of H-pyrrole nitrogens is 1. The van der Waals surface area contributed by atoms with Gasteiger partial charge in [0.2, 0.25) is 5.95 Å². The fraction of sp³-hybridized carbons (Fsp3) is 0.385. The van der Waals surface area contributed by atoms with Gasteiger partial charge in [-0.05, 0) is 25.5 Å². The molecule has 19 heavy (non-hydrogen) atoms. The SMILES string of the molecule is CC(Oc1ccccc1F)c1nc(N2CCC2)n[nH]1. The number of hydrogen-bond donors (Lipinski definition) is 1. The zero-order chi connectivity index (χ0) is 13.2. The number of rotatable bonds is 4. The van der Waals surface area contributed by atoms with E-state index >= 15 is 0 Å². The van der Waals surface area contributed by atoms with Gasteiger partial charge in [-0.15, -0.1) is 5.10 Å². The third-order valence-electron chi connectivity index (χ3n) is 3.16. The summed E-state index contributed by atoms with van der Waals surface area (Å²) in [7, 11) is 0. The summed E-state index contributed by atoms with van der Waals surface area (Å²) in [5, 5.41) is 6.98. The molecular weight excluding hydrogens is 247 g/mol. The molecule has 1 fully saturated rings. The van der Waals surface area contributed by atoms with Crippen LogP contribution in [0.15, 0.2) is 24.3 Å². The van der Waals surface area contributed by atoms with Gasteiger partial charge in [-0.2, -0.15) is 4.98 Å². The second kappa shape index (κ2) is 4.87. The van der Waals surface area contributed by atoms with Crippen molar-refractivity contribution in [3.63, 3.8) is 0 Å². The van der Waals surface area contributed by atoms with Gasteiger partial charge in [0.25, 0.3) is 0 Å². The molecule has 5 nitrogen and oxygen atoms in total. The molecular formula is C13H15FN4O. The standard InChI is InChI=1S/C13H15FN4O/c1-9(19-11-6-3-2-5-10(11)14)12-15-13(17-16-12)18-7-4-8-18/h2-3,5-6,9H,4,7-8H2,1H3,(H,15,16,17). The van der Waals surface area contributed by atoms with Crippen LogP contribution < -0.4 is 9.64 Å². The smallest absolute Gasteiger partial charge is 0.244 e. The molecule has 2 aromatic rings. The van der Waals surface area contributed by atoms with E-state index in [9.17, 15) is 4.39 Å². The van der Waals surface area contributed by atoms with Crippen LogP contribution in [-0.2, 0) is 0 Å². The quantitative estimate of drug-likeness (QED) is 0.918. The Morgan fingerprint density at radius 3 is 2.84 bits per heavy atom. The second-order valence-electron chi connectivity index (χ2n) is 4.55. The summed E-state index contributed by atoms with van der Waals surface area (Å²) in [6.45, 7) is 3.78. The maximum absolute atomic E-state index is 13.5. The Morgan fingerprint density at radius 1 is 1.37 bits per heavy atom. The first-order valence-corrected chi connectivity index (χ1v) is 6.32. The van der Waals surface area contributed by atoms with Crippen molar-refractivity contribution in [2.75, 3.05) is 18.0 Å². The minimum atomic E-state index is -0.378. The van der Waals surface area contributed by atoms with Crippen molar-refractivity contribution in [2.45, 2.75) is 19.4 Å². The number of nitrogens with zero attached hydrogens (tertiary/aromatic N) is 3. The molecule has 2 heterocycles. The van der Waals surface area contributed by atoms with Crippen molar-refractivity contribution in [1.82, 2.24) is 15.2 Å². The van der Waals surface area contributed by atoms with Crippen LogP contribution in [0.1, 0.15) is 25.3 Å². The molecule has 0 aliphatic carbocycles. The summed E-state index contributed by atoms with van der Waals surface area (Å²) in [5.41, 5.74) is 0. The summed E-state index contributed by atoms with van der Waals surface area (Å²) in [5.74, 6) is 1.13. The van der Waals surface area contributed by atoms with Crippen LogP contribution in [0, 0.1) is 5.82 Å². The van der Waals surface area contributed by atoms with Crippen LogP contribution >= 0.6 is 0 Å². The van der Waals surface area contributed by atoms with Crippen molar-refractivity contribution >= 4 is 5.95 Å². The molecule has 1 aliphatic heterocycles. The van der Waals surface area contributed by atoms with Crippen molar-refractivity contribution in [3.8, 4) is 5.75 Å². The summed E-state index contributed by atoms with van der Waals surface area (Å²) >= 11 is 0. The third-order valence-corrected chi connectivity index (χ3v) is 3.16. The Morgan fingerprint density at radius 2 is 2.16 bits per heavy atom. The van der Waals surface area contributed by atoms with E-state index in [0.717, 1.165) is 13.1 Å². The molecule has 1 aliphatic rings. The number of halogens is 1. The van der Waals surface area contributed by atoms with Gasteiger partial charge >= 0.3 is 0 Å². The number of hydrogen-bond acceptors (Lipinski definition) is 4. The Hall–Kier alpha value is -2.11. The fourth-order valence-electron chi connectivity index (χ4n) is 1.89. The Balaban J connectivity index is 1.71. The fourth-order valence-corrected chi connectivity index (χ4v) is 1.89. The van der Waals surface area contributed by atoms with Crippen LogP contribution in [0.3, 0.4) is 0 Å². The number of para-hydroxylation sites is 1. The molecule has 1 aromatic carbocycles. The van der Waals surface area contributed by atoms with E-state index in [2.05, 4.69) is 20.1 Å². The highest BCUT2D eigenvalue weighted by Gasteiger charge is 2.21. The minimum absolute atomic E-state index is 0.219. The molecule has 0 saturated carbocycles. The first-order valence-electron chi connectivity index (χ1n) is 6.32. The molecule has 1 N–H and O–H groups in total. The lowest BCUT2D eigenvalue weighted by Gasteiger charge is -2.29. The lowest BCUT2D eigenvalue weighted by Crippen LogP contribution is -2.37. The highest BCUT2D eigenvalue weighted by molar-refractivity contribution is 5.32. The number of nitrogens with one attached hydrogen (secondary N) is 1. The lowest BCUT2D eigenvalue weighted by atomic mass is 10.2. The average Bonchev–Trinajstić information content (AvgIpc) is 2.79. The highest BCUT2D eigenvalue weighted by Crippen LogP contribution is 2.23. The van der Waals surface area contributed by atoms with Gasteiger partial charge in [-0.25, -0.2) is 4.39 Å². The number of anilines is 1. The zero-order valence-electron chi connectivity index (χ0n) is 10.6. The molecule has 1 saturated heterocycles. The molecule has 100 valence electrons. The number of aromatic amines is 1. The van der Waals surface area contributed by atoms with Crippen molar-refractivity contribution in [1.29, 1.82) is 0 Å². The second-order valence-corrected chi connectivity index (χ2v) is 4.55. The van der Waals surface area contributed by atoms with Gasteiger partial charge in [-0.1, -0.05) is 12.1 Å². The van der Waals surface area contributed by atoms with Crippen LogP contribution in [0.2, 0.25) is 0 Å². The van der Waals surface area contributed by atoms with E-state index in [4.69, 9.17) is 4.74 Å². The Labute approximate surface area is 110 Å². The molecule has 1 aromatic heterocycles. The maximum atomic E-state index is 13.5. The molecule has 3 rings (SSSR count). The van der Waals surface area contributed by atoms with Crippen molar-refractivity contribution in [3.05, 3.63) is 35.9 Å². The number of aromatic nitrogens is 3. The van der Waals surface area contributed by atoms with Crippen LogP contribution in [-0.4, -0.2) is 28.3 Å². The van der Waals surface area contributed by atoms with Crippen LogP contribution in [0.4, 0.5) is 10.3 Å². The molecule has 1 unspecified atom stereocenters. The summed E-state index contributed by atoms with van der Waals surface area (Å²) in [6.07, 6.45) is 0.796. The Kier molecular flexibility index (Phi) is 3.06. The van der Waals surface area contributed by atoms with Gasteiger partial charge in [0, 0.05) is 13.1 Å². The van der Waals surface area contributed by atoms with E-state index in [1.165, 1.54) is 12.5 Å². The van der Waals surface area contributed by atoms with E-state index in [-0.39, 0.29) is 17.7 Å². The zero-order valence-corrected chi connectivity index (χ0v) is 10.6. The van der Waals surface area contributed by atoms with E-state index in [0.29, 0.717) is 11.8 Å². The topological polar surface area (TPSA) is 54.0 Å². The minimum Gasteiger partial charge on any atom is -0.480 e. The molecule has 6 heteroatoms. The summed E-state index contributed by atoms with van der Waals surface area (Å²) in [4.78, 5) is 6.45. The largest absolute Gasteiger partial charge is 0.480 e. The molecule has 0 spiro atoms. The Bertz CT molecular complexity index is 567. The lowest BCUT2D eigenvalue weighted by molar-refractivity contribution is 0.207. The van der Waals surface area contributed by atoms with Crippen LogP contribution in [0.25, 0.3) is 0 Å². The van der Waals surface area contributed by atoms with Gasteiger partial charge in [-0.3, -0.25) is 5.10 Å². The first kappa shape index (κ1) is 12.0.